The highest BCUT2D eigenvalue weighted by Gasteiger charge is 2.25. The largest absolute Gasteiger partial charge is 0.494 e. The molecular formula is C9H14O3. The van der Waals surface area contributed by atoms with Crippen molar-refractivity contribution in [2.24, 2.45) is 5.92 Å². The van der Waals surface area contributed by atoms with Crippen LogP contribution in [0.5, 0.6) is 0 Å². The van der Waals surface area contributed by atoms with Gasteiger partial charge in [0, 0.05) is 6.61 Å². The minimum Gasteiger partial charge on any atom is -0.494 e. The second-order valence-corrected chi connectivity index (χ2v) is 2.79. The molecule has 1 heterocycles. The van der Waals surface area contributed by atoms with Crippen molar-refractivity contribution in [2.45, 2.75) is 20.0 Å². The van der Waals surface area contributed by atoms with Gasteiger partial charge < -0.3 is 9.47 Å². The summed E-state index contributed by atoms with van der Waals surface area (Å²) in [6.07, 6.45) is 3.29. The normalized spacial score (nSPS) is 25.2. The number of carbonyl (C=O) groups excluding carboxylic acids is 1. The average Bonchev–Trinajstić information content (AvgIpc) is 2.05. The van der Waals surface area contributed by atoms with Crippen LogP contribution in [0.25, 0.3) is 0 Å². The maximum Gasteiger partial charge on any atom is 0.179 e. The van der Waals surface area contributed by atoms with Gasteiger partial charge >= 0.3 is 0 Å². The van der Waals surface area contributed by atoms with Crippen molar-refractivity contribution in [1.82, 2.24) is 0 Å². The van der Waals surface area contributed by atoms with E-state index in [1.165, 1.54) is 0 Å². The molecule has 0 radical (unpaired) electrons. The molecule has 0 spiro atoms. The van der Waals surface area contributed by atoms with Gasteiger partial charge in [-0.1, -0.05) is 0 Å². The smallest absolute Gasteiger partial charge is 0.179 e. The van der Waals surface area contributed by atoms with Crippen molar-refractivity contribution >= 4 is 5.78 Å². The molecule has 2 atom stereocenters. The van der Waals surface area contributed by atoms with Gasteiger partial charge in [0.25, 0.3) is 0 Å². The lowest BCUT2D eigenvalue weighted by atomic mass is 9.98. The van der Waals surface area contributed by atoms with Gasteiger partial charge in [-0.25, -0.2) is 0 Å². The molecule has 3 heteroatoms. The molecule has 1 rings (SSSR count). The van der Waals surface area contributed by atoms with E-state index >= 15 is 0 Å². The number of carbonyl (C=O) groups is 1. The third-order valence-electron chi connectivity index (χ3n) is 1.91. The molecule has 0 bridgehead atoms. The van der Waals surface area contributed by atoms with Crippen LogP contribution in [-0.4, -0.2) is 25.1 Å². The average molecular weight is 170 g/mol. The zero-order valence-corrected chi connectivity index (χ0v) is 7.45. The van der Waals surface area contributed by atoms with Crippen LogP contribution >= 0.6 is 0 Å². The first-order chi connectivity index (χ1) is 5.75. The number of ether oxygens (including phenoxy) is 2. The Labute approximate surface area is 72.4 Å². The third-order valence-corrected chi connectivity index (χ3v) is 1.91. The SMILES string of the molecule is CCOC(C)C1C=COCC1=O. The van der Waals surface area contributed by atoms with E-state index < -0.39 is 0 Å². The zero-order chi connectivity index (χ0) is 8.97. The first-order valence-corrected chi connectivity index (χ1v) is 4.18. The molecule has 1 aliphatic rings. The van der Waals surface area contributed by atoms with E-state index in [1.54, 1.807) is 12.3 Å². The van der Waals surface area contributed by atoms with E-state index in [9.17, 15) is 4.79 Å². The van der Waals surface area contributed by atoms with Crippen LogP contribution in [0, 0.1) is 5.92 Å². The number of hydrogen-bond donors (Lipinski definition) is 0. The summed E-state index contributed by atoms with van der Waals surface area (Å²) < 4.78 is 10.2. The molecule has 2 unspecified atom stereocenters. The van der Waals surface area contributed by atoms with Crippen molar-refractivity contribution in [3.63, 3.8) is 0 Å². The fourth-order valence-corrected chi connectivity index (χ4v) is 1.26. The fraction of sp³-hybridized carbons (Fsp3) is 0.667. The minimum absolute atomic E-state index is 0.0392. The molecule has 0 aromatic carbocycles. The quantitative estimate of drug-likeness (QED) is 0.637. The van der Waals surface area contributed by atoms with Crippen LogP contribution in [0.3, 0.4) is 0 Å². The Morgan fingerprint density at radius 3 is 3.17 bits per heavy atom. The maximum atomic E-state index is 11.3. The lowest BCUT2D eigenvalue weighted by Crippen LogP contribution is -2.31. The van der Waals surface area contributed by atoms with Crippen molar-refractivity contribution in [1.29, 1.82) is 0 Å². The molecule has 0 aromatic rings. The summed E-state index contributed by atoms with van der Waals surface area (Å²) in [5.74, 6) is -0.0304. The van der Waals surface area contributed by atoms with Crippen LogP contribution in [-0.2, 0) is 14.3 Å². The molecule has 0 N–H and O–H groups in total. The minimum atomic E-state index is -0.126. The van der Waals surface area contributed by atoms with Crippen LogP contribution in [0.2, 0.25) is 0 Å². The number of hydrogen-bond acceptors (Lipinski definition) is 3. The Morgan fingerprint density at radius 2 is 2.58 bits per heavy atom. The van der Waals surface area contributed by atoms with E-state index in [0.717, 1.165) is 0 Å². The molecule has 1 aliphatic heterocycles. The number of rotatable bonds is 3. The van der Waals surface area contributed by atoms with Crippen LogP contribution < -0.4 is 0 Å². The Kier molecular flexibility index (Phi) is 3.29. The Balaban J connectivity index is 2.53. The van der Waals surface area contributed by atoms with E-state index in [4.69, 9.17) is 9.47 Å². The molecule has 0 aliphatic carbocycles. The van der Waals surface area contributed by atoms with Gasteiger partial charge in [0.2, 0.25) is 0 Å². The highest BCUT2D eigenvalue weighted by Crippen LogP contribution is 2.14. The summed E-state index contributed by atoms with van der Waals surface area (Å²) in [5.41, 5.74) is 0. The molecule has 3 nitrogen and oxygen atoms in total. The topological polar surface area (TPSA) is 35.5 Å². The summed E-state index contributed by atoms with van der Waals surface area (Å²) in [6.45, 7) is 4.64. The summed E-state index contributed by atoms with van der Waals surface area (Å²) in [6, 6.07) is 0. The Morgan fingerprint density at radius 1 is 1.83 bits per heavy atom. The molecule has 0 saturated heterocycles. The summed E-state index contributed by atoms with van der Waals surface area (Å²) >= 11 is 0. The summed E-state index contributed by atoms with van der Waals surface area (Å²) in [7, 11) is 0. The lowest BCUT2D eigenvalue weighted by Gasteiger charge is -2.21. The highest BCUT2D eigenvalue weighted by molar-refractivity contribution is 5.85. The molecule has 0 amide bonds. The van der Waals surface area contributed by atoms with Gasteiger partial charge in [0.05, 0.1) is 18.3 Å². The summed E-state index contributed by atoms with van der Waals surface area (Å²) in [5, 5.41) is 0. The van der Waals surface area contributed by atoms with Crippen molar-refractivity contribution in [3.05, 3.63) is 12.3 Å². The van der Waals surface area contributed by atoms with Crippen molar-refractivity contribution in [3.8, 4) is 0 Å². The number of Topliss-reactive ketones (excluding diaryl/α,β-unsaturated/α-hetero) is 1. The van der Waals surface area contributed by atoms with Crippen LogP contribution in [0.15, 0.2) is 12.3 Å². The molecule has 12 heavy (non-hydrogen) atoms. The van der Waals surface area contributed by atoms with Crippen molar-refractivity contribution < 1.29 is 14.3 Å². The Hall–Kier alpha value is -0.830. The predicted molar refractivity (Wildman–Crippen MR) is 44.7 cm³/mol. The highest BCUT2D eigenvalue weighted by atomic mass is 16.5. The maximum absolute atomic E-state index is 11.3. The standard InChI is InChI=1S/C9H14O3/c1-3-12-7(2)8-4-5-11-6-9(8)10/h4-5,7-8H,3,6H2,1-2H3. The van der Waals surface area contributed by atoms with E-state index in [-0.39, 0.29) is 24.4 Å². The fourth-order valence-electron chi connectivity index (χ4n) is 1.26. The van der Waals surface area contributed by atoms with Crippen LogP contribution in [0.4, 0.5) is 0 Å². The van der Waals surface area contributed by atoms with Gasteiger partial charge in [-0.05, 0) is 19.9 Å². The Bertz CT molecular complexity index is 186. The van der Waals surface area contributed by atoms with Gasteiger partial charge in [0.1, 0.15) is 6.61 Å². The zero-order valence-electron chi connectivity index (χ0n) is 7.45. The van der Waals surface area contributed by atoms with Gasteiger partial charge in [-0.15, -0.1) is 0 Å². The van der Waals surface area contributed by atoms with E-state index in [0.29, 0.717) is 6.61 Å². The predicted octanol–water partition coefficient (Wildman–Crippen LogP) is 1.14. The molecule has 68 valence electrons. The van der Waals surface area contributed by atoms with Gasteiger partial charge in [-0.3, -0.25) is 4.79 Å². The second kappa shape index (κ2) is 4.26. The van der Waals surface area contributed by atoms with Gasteiger partial charge in [-0.2, -0.15) is 0 Å². The molecule has 0 aromatic heterocycles. The number of ketones is 1. The first kappa shape index (κ1) is 9.26. The van der Waals surface area contributed by atoms with Crippen LogP contribution in [0.1, 0.15) is 13.8 Å². The van der Waals surface area contributed by atoms with Crippen molar-refractivity contribution in [2.75, 3.05) is 13.2 Å². The third kappa shape index (κ3) is 2.08. The first-order valence-electron chi connectivity index (χ1n) is 4.18. The second-order valence-electron chi connectivity index (χ2n) is 2.79. The molecular weight excluding hydrogens is 156 g/mol. The van der Waals surface area contributed by atoms with E-state index in [2.05, 4.69) is 0 Å². The molecule has 0 fully saturated rings. The van der Waals surface area contributed by atoms with E-state index in [1.807, 2.05) is 13.8 Å². The summed E-state index contributed by atoms with van der Waals surface area (Å²) in [4.78, 5) is 11.3. The molecule has 0 saturated carbocycles. The monoisotopic (exact) mass is 170 g/mol. The lowest BCUT2D eigenvalue weighted by molar-refractivity contribution is -0.129. The van der Waals surface area contributed by atoms with Gasteiger partial charge in [0.15, 0.2) is 5.78 Å².